The number of pyridine rings is 1. The second kappa shape index (κ2) is 9.81. The summed E-state index contributed by atoms with van der Waals surface area (Å²) in [5.41, 5.74) is 8.24. The third kappa shape index (κ3) is 4.99. The molecule has 0 radical (unpaired) electrons. The fourth-order valence-corrected chi connectivity index (χ4v) is 4.43. The molecule has 3 aromatic heterocycles. The summed E-state index contributed by atoms with van der Waals surface area (Å²) in [6.45, 7) is 1.85. The van der Waals surface area contributed by atoms with E-state index in [1.807, 2.05) is 0 Å². The van der Waals surface area contributed by atoms with Crippen LogP contribution in [0.4, 0.5) is 5.69 Å². The predicted octanol–water partition coefficient (Wildman–Crippen LogP) is 4.68. The summed E-state index contributed by atoms with van der Waals surface area (Å²) >= 11 is 18.5. The standard InChI is InChI=1S/C24H17Cl3N8O2/c1-12-7-14(26)8-16(22(28)36)21(12)30-24(37)20-10-15(31-35(20)23-17(27)3-2-6-29-23)11-34-32-18-5-4-13(25)9-19(18)33-34/h2-10H,11H2,1H3,(H2,28,36)(H,30,37). The molecule has 0 saturated carbocycles. The van der Waals surface area contributed by atoms with Crippen molar-refractivity contribution in [3.63, 3.8) is 0 Å². The Morgan fingerprint density at radius 1 is 0.973 bits per heavy atom. The maximum Gasteiger partial charge on any atom is 0.274 e. The van der Waals surface area contributed by atoms with Crippen LogP contribution < -0.4 is 11.1 Å². The molecule has 0 bridgehead atoms. The zero-order valence-corrected chi connectivity index (χ0v) is 21.4. The van der Waals surface area contributed by atoms with Gasteiger partial charge in [-0.05, 0) is 61.0 Å². The van der Waals surface area contributed by atoms with Crippen molar-refractivity contribution in [2.45, 2.75) is 13.5 Å². The number of aryl methyl sites for hydroxylation is 1. The second-order valence-corrected chi connectivity index (χ2v) is 9.35. The molecular weight excluding hydrogens is 539 g/mol. The molecular formula is C24H17Cl3N8O2. The topological polar surface area (TPSA) is 134 Å². The third-order valence-electron chi connectivity index (χ3n) is 5.42. The molecule has 2 aromatic carbocycles. The molecule has 2 amide bonds. The molecule has 37 heavy (non-hydrogen) atoms. The second-order valence-electron chi connectivity index (χ2n) is 8.07. The zero-order valence-electron chi connectivity index (χ0n) is 19.1. The maximum atomic E-state index is 13.5. The number of fused-ring (bicyclic) bond motifs is 1. The van der Waals surface area contributed by atoms with Crippen LogP contribution in [-0.4, -0.2) is 41.6 Å². The lowest BCUT2D eigenvalue weighted by atomic mass is 10.1. The number of rotatable bonds is 6. The number of nitrogens with one attached hydrogen (secondary N) is 1. The van der Waals surface area contributed by atoms with E-state index in [0.717, 1.165) is 0 Å². The van der Waals surface area contributed by atoms with Gasteiger partial charge in [0.25, 0.3) is 11.8 Å². The monoisotopic (exact) mass is 554 g/mol. The van der Waals surface area contributed by atoms with Gasteiger partial charge < -0.3 is 11.1 Å². The van der Waals surface area contributed by atoms with Gasteiger partial charge in [-0.15, -0.1) is 0 Å². The molecule has 0 aliphatic carbocycles. The van der Waals surface area contributed by atoms with Crippen molar-refractivity contribution < 1.29 is 9.59 Å². The van der Waals surface area contributed by atoms with E-state index in [9.17, 15) is 9.59 Å². The first kappa shape index (κ1) is 24.7. The minimum Gasteiger partial charge on any atom is -0.366 e. The summed E-state index contributed by atoms with van der Waals surface area (Å²) in [5, 5.41) is 17.3. The van der Waals surface area contributed by atoms with E-state index in [4.69, 9.17) is 40.5 Å². The number of primary amides is 1. The van der Waals surface area contributed by atoms with Gasteiger partial charge in [0, 0.05) is 16.2 Å². The number of benzene rings is 2. The highest BCUT2D eigenvalue weighted by Gasteiger charge is 2.22. The van der Waals surface area contributed by atoms with Crippen LogP contribution in [0.3, 0.4) is 0 Å². The first-order valence-corrected chi connectivity index (χ1v) is 11.9. The minimum absolute atomic E-state index is 0.0756. The first-order valence-electron chi connectivity index (χ1n) is 10.8. The number of halogens is 3. The van der Waals surface area contributed by atoms with E-state index >= 15 is 0 Å². The summed E-state index contributed by atoms with van der Waals surface area (Å²) in [5.74, 6) is -1.06. The molecule has 5 aromatic rings. The smallest absolute Gasteiger partial charge is 0.274 e. The minimum atomic E-state index is -0.736. The summed E-state index contributed by atoms with van der Waals surface area (Å²) in [4.78, 5) is 31.2. The first-order chi connectivity index (χ1) is 17.7. The van der Waals surface area contributed by atoms with Crippen LogP contribution in [0.2, 0.25) is 15.1 Å². The Hall–Kier alpha value is -3.99. The number of hydrogen-bond donors (Lipinski definition) is 2. The molecule has 0 spiro atoms. The fraction of sp³-hybridized carbons (Fsp3) is 0.0833. The lowest BCUT2D eigenvalue weighted by Crippen LogP contribution is -2.21. The van der Waals surface area contributed by atoms with Crippen LogP contribution in [0.15, 0.2) is 54.7 Å². The third-order valence-corrected chi connectivity index (χ3v) is 6.17. The van der Waals surface area contributed by atoms with Crippen molar-refractivity contribution in [1.82, 2.24) is 29.8 Å². The lowest BCUT2D eigenvalue weighted by molar-refractivity contribution is 0.100. The number of amides is 2. The van der Waals surface area contributed by atoms with Crippen LogP contribution >= 0.6 is 34.8 Å². The molecule has 0 unspecified atom stereocenters. The number of hydrogen-bond acceptors (Lipinski definition) is 6. The molecule has 0 atom stereocenters. The van der Waals surface area contributed by atoms with Gasteiger partial charge in [-0.3, -0.25) is 9.59 Å². The predicted molar refractivity (Wildman–Crippen MR) is 141 cm³/mol. The van der Waals surface area contributed by atoms with Gasteiger partial charge in [0.15, 0.2) is 5.82 Å². The largest absolute Gasteiger partial charge is 0.366 e. The molecule has 0 aliphatic rings. The number of nitrogens with zero attached hydrogens (tertiary/aromatic N) is 6. The molecule has 10 nitrogen and oxygen atoms in total. The quantitative estimate of drug-likeness (QED) is 0.312. The van der Waals surface area contributed by atoms with Gasteiger partial charge in [-0.25, -0.2) is 9.67 Å². The Kier molecular flexibility index (Phi) is 6.55. The van der Waals surface area contributed by atoms with Gasteiger partial charge in [0.2, 0.25) is 0 Å². The summed E-state index contributed by atoms with van der Waals surface area (Å²) < 4.78 is 1.32. The van der Waals surface area contributed by atoms with E-state index in [1.165, 1.54) is 21.7 Å². The zero-order chi connectivity index (χ0) is 26.3. The van der Waals surface area contributed by atoms with Crippen molar-refractivity contribution in [3.05, 3.63) is 92.3 Å². The highest BCUT2D eigenvalue weighted by molar-refractivity contribution is 6.32. The Bertz CT molecular complexity index is 1700. The highest BCUT2D eigenvalue weighted by atomic mass is 35.5. The van der Waals surface area contributed by atoms with Crippen molar-refractivity contribution in [2.24, 2.45) is 5.73 Å². The van der Waals surface area contributed by atoms with E-state index < -0.39 is 11.8 Å². The summed E-state index contributed by atoms with van der Waals surface area (Å²) in [6.07, 6.45) is 1.53. The number of carbonyl (C=O) groups is 2. The number of carbonyl (C=O) groups excluding carboxylic acids is 2. The van der Waals surface area contributed by atoms with E-state index in [0.29, 0.717) is 32.3 Å². The molecule has 5 rings (SSSR count). The Morgan fingerprint density at radius 3 is 2.51 bits per heavy atom. The molecule has 3 heterocycles. The Morgan fingerprint density at radius 2 is 1.76 bits per heavy atom. The van der Waals surface area contributed by atoms with Gasteiger partial charge in [-0.1, -0.05) is 34.8 Å². The Balaban J connectivity index is 1.55. The molecule has 13 heteroatoms. The highest BCUT2D eigenvalue weighted by Crippen LogP contribution is 2.27. The van der Waals surface area contributed by atoms with Crippen LogP contribution in [0.25, 0.3) is 16.9 Å². The van der Waals surface area contributed by atoms with Crippen LogP contribution in [0, 0.1) is 6.92 Å². The van der Waals surface area contributed by atoms with Crippen molar-refractivity contribution in [2.75, 3.05) is 5.32 Å². The number of anilines is 1. The van der Waals surface area contributed by atoms with Crippen LogP contribution in [-0.2, 0) is 6.54 Å². The molecule has 0 fully saturated rings. The fourth-order valence-electron chi connectivity index (χ4n) is 3.79. The molecule has 0 aliphatic heterocycles. The van der Waals surface area contributed by atoms with E-state index in [2.05, 4.69) is 25.6 Å². The number of nitrogens with two attached hydrogens (primary N) is 1. The number of aromatic nitrogens is 6. The molecule has 3 N–H and O–H groups in total. The van der Waals surface area contributed by atoms with Crippen molar-refractivity contribution in [1.29, 1.82) is 0 Å². The summed E-state index contributed by atoms with van der Waals surface area (Å²) in [6, 6.07) is 13.1. The lowest BCUT2D eigenvalue weighted by Gasteiger charge is -2.13. The van der Waals surface area contributed by atoms with Crippen LogP contribution in [0.5, 0.6) is 0 Å². The molecule has 0 saturated heterocycles. The normalized spacial score (nSPS) is 11.1. The average Bonchev–Trinajstić information content (AvgIpc) is 3.44. The van der Waals surface area contributed by atoms with Gasteiger partial charge in [0.05, 0.1) is 22.0 Å². The van der Waals surface area contributed by atoms with Crippen molar-refractivity contribution in [3.8, 4) is 5.82 Å². The molecule has 186 valence electrons. The average molecular weight is 556 g/mol. The van der Waals surface area contributed by atoms with Crippen molar-refractivity contribution >= 4 is 63.3 Å². The SMILES string of the molecule is Cc1cc(Cl)cc(C(N)=O)c1NC(=O)c1cc(Cn2nc3ccc(Cl)cc3n2)nn1-c1ncccc1Cl. The maximum absolute atomic E-state index is 13.5. The van der Waals surface area contributed by atoms with E-state index in [1.54, 1.807) is 49.4 Å². The van der Waals surface area contributed by atoms with Gasteiger partial charge >= 0.3 is 0 Å². The van der Waals surface area contributed by atoms with Gasteiger partial charge in [0.1, 0.15) is 23.3 Å². The van der Waals surface area contributed by atoms with Crippen LogP contribution in [0.1, 0.15) is 32.1 Å². The van der Waals surface area contributed by atoms with Gasteiger partial charge in [-0.2, -0.15) is 20.1 Å². The Labute approximate surface area is 224 Å². The summed E-state index contributed by atoms with van der Waals surface area (Å²) in [7, 11) is 0. The van der Waals surface area contributed by atoms with E-state index in [-0.39, 0.29) is 34.3 Å².